The first-order valence-corrected chi connectivity index (χ1v) is 6.15. The third-order valence-corrected chi connectivity index (χ3v) is 3.16. The van der Waals surface area contributed by atoms with Crippen LogP contribution in [0.3, 0.4) is 0 Å². The zero-order valence-electron chi connectivity index (χ0n) is 10.5. The van der Waals surface area contributed by atoms with Crippen LogP contribution in [-0.4, -0.2) is 47.5 Å². The van der Waals surface area contributed by atoms with Crippen LogP contribution in [0.15, 0.2) is 24.3 Å². The largest absolute Gasteiger partial charge is 0.508 e. The van der Waals surface area contributed by atoms with E-state index in [1.807, 2.05) is 0 Å². The summed E-state index contributed by atoms with van der Waals surface area (Å²) in [5.74, 6) is -0.538. The lowest BCUT2D eigenvalue weighted by Gasteiger charge is -2.34. The lowest BCUT2D eigenvalue weighted by Crippen LogP contribution is -2.59. The van der Waals surface area contributed by atoms with Crippen LogP contribution >= 0.6 is 0 Å². The first-order valence-electron chi connectivity index (χ1n) is 6.15. The van der Waals surface area contributed by atoms with Crippen LogP contribution in [0.4, 0.5) is 0 Å². The fraction of sp³-hybridized carbons (Fsp3) is 0.385. The Morgan fingerprint density at radius 2 is 2.26 bits per heavy atom. The van der Waals surface area contributed by atoms with Crippen LogP contribution in [0.5, 0.6) is 5.75 Å². The van der Waals surface area contributed by atoms with E-state index >= 15 is 0 Å². The number of hydrogen-bond acceptors (Lipinski definition) is 4. The summed E-state index contributed by atoms with van der Waals surface area (Å²) in [5.41, 5.74) is 6.01. The van der Waals surface area contributed by atoms with E-state index in [1.165, 1.54) is 4.90 Å². The lowest BCUT2D eigenvalue weighted by molar-refractivity contribution is -0.139. The van der Waals surface area contributed by atoms with Gasteiger partial charge in [-0.25, -0.2) is 0 Å². The third kappa shape index (κ3) is 3.23. The van der Waals surface area contributed by atoms with Crippen LogP contribution in [-0.2, 0) is 16.0 Å². The molecule has 1 aromatic rings. The van der Waals surface area contributed by atoms with Gasteiger partial charge in [0.2, 0.25) is 11.8 Å². The number of carbonyl (C=O) groups is 2. The molecular weight excluding hydrogens is 246 g/mol. The van der Waals surface area contributed by atoms with Gasteiger partial charge >= 0.3 is 0 Å². The molecule has 1 saturated heterocycles. The molecule has 1 aromatic carbocycles. The fourth-order valence-corrected chi connectivity index (χ4v) is 2.20. The maximum absolute atomic E-state index is 12.2. The average Bonchev–Trinajstić information content (AvgIpc) is 2.38. The Labute approximate surface area is 111 Å². The number of nitrogens with zero attached hydrogens (tertiary/aromatic N) is 1. The van der Waals surface area contributed by atoms with Crippen molar-refractivity contribution in [3.63, 3.8) is 0 Å². The van der Waals surface area contributed by atoms with Crippen molar-refractivity contribution in [2.45, 2.75) is 12.5 Å². The SMILES string of the molecule is NC(=O)C1CNCCN1C(=O)Cc1cccc(O)c1. The number of aromatic hydroxyl groups is 1. The van der Waals surface area contributed by atoms with Gasteiger partial charge in [0.05, 0.1) is 6.42 Å². The van der Waals surface area contributed by atoms with E-state index in [0.29, 0.717) is 25.2 Å². The summed E-state index contributed by atoms with van der Waals surface area (Å²) < 4.78 is 0. The highest BCUT2D eigenvalue weighted by molar-refractivity contribution is 5.88. The average molecular weight is 263 g/mol. The molecule has 102 valence electrons. The number of nitrogens with one attached hydrogen (secondary N) is 1. The summed E-state index contributed by atoms with van der Waals surface area (Å²) in [6, 6.07) is 5.93. The number of primary amides is 1. The van der Waals surface area contributed by atoms with Crippen molar-refractivity contribution in [2.75, 3.05) is 19.6 Å². The van der Waals surface area contributed by atoms with Crippen molar-refractivity contribution < 1.29 is 14.7 Å². The maximum atomic E-state index is 12.2. The maximum Gasteiger partial charge on any atom is 0.241 e. The van der Waals surface area contributed by atoms with Gasteiger partial charge in [0.25, 0.3) is 0 Å². The molecule has 1 fully saturated rings. The number of amides is 2. The molecule has 1 atom stereocenters. The van der Waals surface area contributed by atoms with Crippen molar-refractivity contribution in [3.05, 3.63) is 29.8 Å². The summed E-state index contributed by atoms with van der Waals surface area (Å²) in [7, 11) is 0. The Morgan fingerprint density at radius 3 is 2.95 bits per heavy atom. The van der Waals surface area contributed by atoms with E-state index in [4.69, 9.17) is 5.73 Å². The molecule has 4 N–H and O–H groups in total. The minimum absolute atomic E-state index is 0.122. The monoisotopic (exact) mass is 263 g/mol. The summed E-state index contributed by atoms with van der Waals surface area (Å²) in [6.07, 6.45) is 0.151. The Bertz CT molecular complexity index is 490. The van der Waals surface area contributed by atoms with Crippen molar-refractivity contribution in [1.82, 2.24) is 10.2 Å². The van der Waals surface area contributed by atoms with E-state index in [1.54, 1.807) is 24.3 Å². The minimum atomic E-state index is -0.599. The highest BCUT2D eigenvalue weighted by Crippen LogP contribution is 2.13. The van der Waals surface area contributed by atoms with Gasteiger partial charge in [-0.3, -0.25) is 9.59 Å². The minimum Gasteiger partial charge on any atom is -0.508 e. The predicted molar refractivity (Wildman–Crippen MR) is 69.4 cm³/mol. The number of carbonyl (C=O) groups excluding carboxylic acids is 2. The second kappa shape index (κ2) is 5.71. The molecule has 1 heterocycles. The Kier molecular flexibility index (Phi) is 4.01. The Balaban J connectivity index is 2.07. The van der Waals surface area contributed by atoms with Gasteiger partial charge in [-0.2, -0.15) is 0 Å². The van der Waals surface area contributed by atoms with E-state index < -0.39 is 11.9 Å². The molecule has 0 spiro atoms. The number of phenols is 1. The Hall–Kier alpha value is -2.08. The van der Waals surface area contributed by atoms with Crippen LogP contribution in [0.1, 0.15) is 5.56 Å². The van der Waals surface area contributed by atoms with E-state index in [9.17, 15) is 14.7 Å². The van der Waals surface area contributed by atoms with Gasteiger partial charge in [0.15, 0.2) is 0 Å². The van der Waals surface area contributed by atoms with Crippen LogP contribution < -0.4 is 11.1 Å². The lowest BCUT2D eigenvalue weighted by atomic mass is 10.1. The Morgan fingerprint density at radius 1 is 1.47 bits per heavy atom. The zero-order chi connectivity index (χ0) is 13.8. The molecule has 6 heteroatoms. The quantitative estimate of drug-likeness (QED) is 0.666. The second-order valence-electron chi connectivity index (χ2n) is 4.56. The van der Waals surface area contributed by atoms with Gasteiger partial charge < -0.3 is 21.1 Å². The van der Waals surface area contributed by atoms with Gasteiger partial charge in [-0.05, 0) is 17.7 Å². The molecule has 1 aliphatic heterocycles. The van der Waals surface area contributed by atoms with E-state index in [-0.39, 0.29) is 18.1 Å². The summed E-state index contributed by atoms with van der Waals surface area (Å²) in [4.78, 5) is 25.0. The van der Waals surface area contributed by atoms with Gasteiger partial charge in [-0.15, -0.1) is 0 Å². The molecule has 1 aliphatic rings. The number of phenolic OH excluding ortho intramolecular Hbond substituents is 1. The molecule has 0 aromatic heterocycles. The molecule has 6 nitrogen and oxygen atoms in total. The van der Waals surface area contributed by atoms with Gasteiger partial charge in [0.1, 0.15) is 11.8 Å². The third-order valence-electron chi connectivity index (χ3n) is 3.16. The fourth-order valence-electron chi connectivity index (χ4n) is 2.20. The number of rotatable bonds is 3. The highest BCUT2D eigenvalue weighted by Gasteiger charge is 2.30. The molecule has 2 rings (SSSR count). The molecule has 2 amide bonds. The molecule has 1 unspecified atom stereocenters. The molecule has 0 bridgehead atoms. The first-order chi connectivity index (χ1) is 9.08. The number of benzene rings is 1. The van der Waals surface area contributed by atoms with Gasteiger partial charge in [-0.1, -0.05) is 12.1 Å². The number of hydrogen-bond donors (Lipinski definition) is 3. The zero-order valence-corrected chi connectivity index (χ0v) is 10.5. The number of piperazine rings is 1. The molecular formula is C13H17N3O3. The smallest absolute Gasteiger partial charge is 0.241 e. The number of nitrogens with two attached hydrogens (primary N) is 1. The second-order valence-corrected chi connectivity index (χ2v) is 4.56. The van der Waals surface area contributed by atoms with Crippen molar-refractivity contribution in [2.24, 2.45) is 5.73 Å². The van der Waals surface area contributed by atoms with E-state index in [2.05, 4.69) is 5.32 Å². The summed E-state index contributed by atoms with van der Waals surface area (Å²) in [5, 5.41) is 12.4. The van der Waals surface area contributed by atoms with Crippen LogP contribution in [0.25, 0.3) is 0 Å². The summed E-state index contributed by atoms with van der Waals surface area (Å²) >= 11 is 0. The van der Waals surface area contributed by atoms with Gasteiger partial charge in [0, 0.05) is 19.6 Å². The van der Waals surface area contributed by atoms with Crippen molar-refractivity contribution in [3.8, 4) is 5.75 Å². The van der Waals surface area contributed by atoms with Crippen LogP contribution in [0, 0.1) is 0 Å². The predicted octanol–water partition coefficient (Wildman–Crippen LogP) is -0.780. The molecule has 19 heavy (non-hydrogen) atoms. The topological polar surface area (TPSA) is 95.7 Å². The standard InChI is InChI=1S/C13H17N3O3/c14-13(19)11-8-15-4-5-16(11)12(18)7-9-2-1-3-10(17)6-9/h1-3,6,11,15,17H,4-5,7-8H2,(H2,14,19). The first kappa shape index (κ1) is 13.4. The van der Waals surface area contributed by atoms with Crippen molar-refractivity contribution in [1.29, 1.82) is 0 Å². The normalized spacial score (nSPS) is 19.2. The molecule has 0 aliphatic carbocycles. The molecule has 0 saturated carbocycles. The van der Waals surface area contributed by atoms with Crippen LogP contribution in [0.2, 0.25) is 0 Å². The highest BCUT2D eigenvalue weighted by atomic mass is 16.3. The molecule has 0 radical (unpaired) electrons. The summed E-state index contributed by atoms with van der Waals surface area (Å²) in [6.45, 7) is 1.50. The van der Waals surface area contributed by atoms with E-state index in [0.717, 1.165) is 0 Å². The van der Waals surface area contributed by atoms with Crippen molar-refractivity contribution >= 4 is 11.8 Å².